The zero-order valence-corrected chi connectivity index (χ0v) is 10.8. The molecule has 0 aliphatic rings. The normalized spacial score (nSPS) is 8.33. The lowest BCUT2D eigenvalue weighted by Crippen LogP contribution is -2.02. The lowest BCUT2D eigenvalue weighted by molar-refractivity contribution is 0.101. The zero-order chi connectivity index (χ0) is 14.0. The smallest absolute Gasteiger partial charge is 0.230 e. The molecule has 2 rings (SSSR count). The fraction of sp³-hybridized carbons (Fsp3) is 0.133. The summed E-state index contributed by atoms with van der Waals surface area (Å²) in [6.45, 7) is 10.0. The molecule has 0 saturated heterocycles. The van der Waals surface area contributed by atoms with Gasteiger partial charge in [0.2, 0.25) is 5.78 Å². The second-order valence-electron chi connectivity index (χ2n) is 2.90. The van der Waals surface area contributed by atoms with E-state index in [9.17, 15) is 4.79 Å². The quantitative estimate of drug-likeness (QED) is 0.644. The van der Waals surface area contributed by atoms with Crippen LogP contribution in [0.15, 0.2) is 60.2 Å². The summed E-state index contributed by atoms with van der Waals surface area (Å²) in [6, 6.07) is 10.5. The van der Waals surface area contributed by atoms with Crippen LogP contribution in [-0.2, 0) is 0 Å². The molecule has 0 fully saturated rings. The molecule has 96 valence electrons. The first-order chi connectivity index (χ1) is 8.79. The molecule has 0 radical (unpaired) electrons. The van der Waals surface area contributed by atoms with E-state index in [0.717, 1.165) is 0 Å². The number of hydrogen-bond acceptors (Lipinski definition) is 3. The van der Waals surface area contributed by atoms with Gasteiger partial charge in [-0.1, -0.05) is 44.2 Å². The average molecular weight is 245 g/mol. The van der Waals surface area contributed by atoms with Crippen LogP contribution in [0.1, 0.15) is 30.0 Å². The second kappa shape index (κ2) is 8.82. The first-order valence-electron chi connectivity index (χ1n) is 5.72. The van der Waals surface area contributed by atoms with E-state index in [2.05, 4.69) is 13.2 Å². The Morgan fingerprint density at radius 2 is 1.67 bits per heavy atom. The Kier molecular flexibility index (Phi) is 7.69. The number of nitrogens with two attached hydrogens (primary N) is 1. The average Bonchev–Trinajstić information content (AvgIpc) is 2.89. The highest BCUT2D eigenvalue weighted by molar-refractivity contribution is 6.09. The first kappa shape index (κ1) is 15.7. The third-order valence-electron chi connectivity index (χ3n) is 1.94. The van der Waals surface area contributed by atoms with Crippen molar-refractivity contribution < 1.29 is 9.21 Å². The maximum absolute atomic E-state index is 11.8. The van der Waals surface area contributed by atoms with Crippen LogP contribution in [0, 0.1) is 0 Å². The summed E-state index contributed by atoms with van der Waals surface area (Å²) in [5.74, 6) is 0.0179. The molecule has 0 spiro atoms. The van der Waals surface area contributed by atoms with Gasteiger partial charge in [-0.05, 0) is 0 Å². The number of rotatable bonds is 2. The van der Waals surface area contributed by atoms with Gasteiger partial charge in [-0.3, -0.25) is 4.79 Å². The van der Waals surface area contributed by atoms with Gasteiger partial charge in [-0.2, -0.15) is 0 Å². The largest absolute Gasteiger partial charge is 0.459 e. The van der Waals surface area contributed by atoms with Gasteiger partial charge in [0.1, 0.15) is 0 Å². The molecule has 3 heteroatoms. The summed E-state index contributed by atoms with van der Waals surface area (Å²) in [5, 5.41) is 0. The van der Waals surface area contributed by atoms with E-state index in [1.165, 1.54) is 6.26 Å². The molecule has 18 heavy (non-hydrogen) atoms. The highest BCUT2D eigenvalue weighted by Crippen LogP contribution is 2.16. The Labute approximate surface area is 108 Å². The van der Waals surface area contributed by atoms with Crippen LogP contribution in [0.5, 0.6) is 0 Å². The molecule has 0 atom stereocenters. The Morgan fingerprint density at radius 1 is 1.11 bits per heavy atom. The van der Waals surface area contributed by atoms with Crippen molar-refractivity contribution in [3.05, 3.63) is 67.1 Å². The van der Waals surface area contributed by atoms with E-state index in [1.807, 2.05) is 19.9 Å². The molecule has 0 amide bonds. The standard InChI is InChI=1S/C11H9NO2.C2H6.C2H4/c12-9-6-7-14-11(9)10(13)8-4-2-1-3-5-8;2*1-2/h1-7H,12H2;1-2H3;1-2H2. The van der Waals surface area contributed by atoms with Gasteiger partial charge in [0.15, 0.2) is 5.76 Å². The van der Waals surface area contributed by atoms with E-state index in [4.69, 9.17) is 10.2 Å². The minimum Gasteiger partial charge on any atom is -0.459 e. The molecule has 0 unspecified atom stereocenters. The summed E-state index contributed by atoms with van der Waals surface area (Å²) in [4.78, 5) is 11.8. The van der Waals surface area contributed by atoms with Gasteiger partial charge in [0.05, 0.1) is 12.0 Å². The Balaban J connectivity index is 0.000000659. The Morgan fingerprint density at radius 3 is 2.11 bits per heavy atom. The maximum Gasteiger partial charge on any atom is 0.230 e. The molecule has 0 aliphatic heterocycles. The molecule has 1 aromatic heterocycles. The predicted molar refractivity (Wildman–Crippen MR) is 75.6 cm³/mol. The molecule has 0 saturated carbocycles. The summed E-state index contributed by atoms with van der Waals surface area (Å²) >= 11 is 0. The minimum absolute atomic E-state index is 0.187. The maximum atomic E-state index is 11.8. The predicted octanol–water partition coefficient (Wildman–Crippen LogP) is 3.92. The summed E-state index contributed by atoms with van der Waals surface area (Å²) < 4.78 is 5.01. The number of anilines is 1. The van der Waals surface area contributed by atoms with Crippen molar-refractivity contribution in [2.24, 2.45) is 0 Å². The number of furan rings is 1. The van der Waals surface area contributed by atoms with Crippen molar-refractivity contribution >= 4 is 11.5 Å². The van der Waals surface area contributed by atoms with Crippen molar-refractivity contribution in [3.63, 3.8) is 0 Å². The molecular formula is C15H19NO2. The number of carbonyl (C=O) groups excluding carboxylic acids is 1. The fourth-order valence-corrected chi connectivity index (χ4v) is 1.22. The van der Waals surface area contributed by atoms with E-state index >= 15 is 0 Å². The topological polar surface area (TPSA) is 56.2 Å². The lowest BCUT2D eigenvalue weighted by atomic mass is 10.1. The van der Waals surface area contributed by atoms with Crippen LogP contribution in [0.4, 0.5) is 5.69 Å². The molecule has 2 aromatic rings. The van der Waals surface area contributed by atoms with Gasteiger partial charge in [0.25, 0.3) is 0 Å². The van der Waals surface area contributed by atoms with Gasteiger partial charge < -0.3 is 10.2 Å². The molecule has 1 heterocycles. The first-order valence-corrected chi connectivity index (χ1v) is 5.72. The minimum atomic E-state index is -0.187. The molecule has 0 bridgehead atoms. The van der Waals surface area contributed by atoms with Crippen molar-refractivity contribution in [2.45, 2.75) is 13.8 Å². The highest BCUT2D eigenvalue weighted by atomic mass is 16.3. The number of benzene rings is 1. The van der Waals surface area contributed by atoms with Crippen molar-refractivity contribution in [1.82, 2.24) is 0 Å². The molecule has 3 nitrogen and oxygen atoms in total. The number of ketones is 1. The van der Waals surface area contributed by atoms with Crippen LogP contribution in [-0.4, -0.2) is 5.78 Å². The van der Waals surface area contributed by atoms with Crippen molar-refractivity contribution in [1.29, 1.82) is 0 Å². The zero-order valence-electron chi connectivity index (χ0n) is 10.8. The number of nitrogen functional groups attached to an aromatic ring is 1. The number of carbonyl (C=O) groups is 1. The molecule has 0 aliphatic carbocycles. The van der Waals surface area contributed by atoms with E-state index in [0.29, 0.717) is 11.3 Å². The van der Waals surface area contributed by atoms with Crippen LogP contribution >= 0.6 is 0 Å². The van der Waals surface area contributed by atoms with Crippen LogP contribution in [0.3, 0.4) is 0 Å². The van der Waals surface area contributed by atoms with Crippen molar-refractivity contribution in [3.8, 4) is 0 Å². The third-order valence-corrected chi connectivity index (χ3v) is 1.94. The Bertz CT molecular complexity index is 460. The second-order valence-corrected chi connectivity index (χ2v) is 2.90. The van der Waals surface area contributed by atoms with E-state index in [-0.39, 0.29) is 11.5 Å². The van der Waals surface area contributed by atoms with E-state index in [1.54, 1.807) is 30.3 Å². The summed E-state index contributed by atoms with van der Waals surface area (Å²) in [6.07, 6.45) is 1.41. The van der Waals surface area contributed by atoms with Gasteiger partial charge in [0, 0.05) is 11.6 Å². The number of hydrogen-bond donors (Lipinski definition) is 1. The highest BCUT2D eigenvalue weighted by Gasteiger charge is 2.14. The van der Waals surface area contributed by atoms with Crippen LogP contribution < -0.4 is 5.73 Å². The van der Waals surface area contributed by atoms with Crippen molar-refractivity contribution in [2.75, 3.05) is 5.73 Å². The lowest BCUT2D eigenvalue weighted by Gasteiger charge is -1.97. The van der Waals surface area contributed by atoms with Crippen LogP contribution in [0.25, 0.3) is 0 Å². The van der Waals surface area contributed by atoms with Gasteiger partial charge in [-0.15, -0.1) is 13.2 Å². The summed E-state index contributed by atoms with van der Waals surface area (Å²) in [7, 11) is 0. The van der Waals surface area contributed by atoms with Gasteiger partial charge >= 0.3 is 0 Å². The fourth-order valence-electron chi connectivity index (χ4n) is 1.22. The summed E-state index contributed by atoms with van der Waals surface area (Å²) in [5.41, 5.74) is 6.52. The molecule has 1 aromatic carbocycles. The monoisotopic (exact) mass is 245 g/mol. The van der Waals surface area contributed by atoms with Crippen LogP contribution in [0.2, 0.25) is 0 Å². The molecule has 2 N–H and O–H groups in total. The van der Waals surface area contributed by atoms with Gasteiger partial charge in [-0.25, -0.2) is 0 Å². The molecular weight excluding hydrogens is 226 g/mol. The van der Waals surface area contributed by atoms with E-state index < -0.39 is 0 Å². The Hall–Kier alpha value is -2.29. The third kappa shape index (κ3) is 3.94. The SMILES string of the molecule is C=C.CC.Nc1ccoc1C(=O)c1ccccc1.